The van der Waals surface area contributed by atoms with E-state index in [4.69, 9.17) is 12.2 Å². The number of carbonyl (C=O) groups is 1. The summed E-state index contributed by atoms with van der Waals surface area (Å²) in [5.74, 6) is 0.249. The van der Waals surface area contributed by atoms with Crippen molar-refractivity contribution in [2.24, 2.45) is 0 Å². The normalized spacial score (nSPS) is 15.5. The van der Waals surface area contributed by atoms with Gasteiger partial charge in [0.15, 0.2) is 0 Å². The smallest absolute Gasteiger partial charge is 0.267 e. The summed E-state index contributed by atoms with van der Waals surface area (Å²) in [6.07, 6.45) is 3.28. The fraction of sp³-hybridized carbons (Fsp3) is 0.217. The number of hydrogen-bond donors (Lipinski definition) is 1. The van der Waals surface area contributed by atoms with Crippen LogP contribution in [0.4, 0.5) is 5.82 Å². The summed E-state index contributed by atoms with van der Waals surface area (Å²) in [6.45, 7) is 6.36. The number of hydrogen-bond acceptors (Lipinski definition) is 6. The Bertz CT molecular complexity index is 1260. The van der Waals surface area contributed by atoms with Crippen LogP contribution in [0.25, 0.3) is 11.7 Å². The van der Waals surface area contributed by atoms with Crippen LogP contribution in [0, 0.1) is 6.92 Å². The highest BCUT2D eigenvalue weighted by atomic mass is 32.2. The van der Waals surface area contributed by atoms with Gasteiger partial charge in [-0.25, -0.2) is 4.98 Å². The first kappa shape index (κ1) is 21.3. The molecule has 0 saturated carbocycles. The maximum absolute atomic E-state index is 13.3. The van der Waals surface area contributed by atoms with Crippen molar-refractivity contribution in [3.05, 3.63) is 80.6 Å². The Balaban J connectivity index is 1.77. The first-order chi connectivity index (χ1) is 14.8. The molecule has 1 saturated heterocycles. The Morgan fingerprint density at radius 2 is 1.90 bits per heavy atom. The Labute approximate surface area is 190 Å². The molecular formula is C23H22N4O2S2. The predicted molar refractivity (Wildman–Crippen MR) is 130 cm³/mol. The number of thioether (sulfide) groups is 1. The number of anilines is 1. The van der Waals surface area contributed by atoms with Crippen LogP contribution in [-0.4, -0.2) is 30.6 Å². The molecule has 8 heteroatoms. The van der Waals surface area contributed by atoms with Gasteiger partial charge in [-0.1, -0.05) is 59.9 Å². The molecule has 1 aromatic carbocycles. The van der Waals surface area contributed by atoms with Crippen molar-refractivity contribution in [2.45, 2.75) is 33.4 Å². The average Bonchev–Trinajstić information content (AvgIpc) is 3.03. The zero-order chi connectivity index (χ0) is 22.1. The minimum Gasteiger partial charge on any atom is -0.365 e. The van der Waals surface area contributed by atoms with Gasteiger partial charge in [-0.3, -0.25) is 18.9 Å². The predicted octanol–water partition coefficient (Wildman–Crippen LogP) is 4.22. The Morgan fingerprint density at radius 1 is 1.16 bits per heavy atom. The molecule has 2 aromatic heterocycles. The molecule has 31 heavy (non-hydrogen) atoms. The second-order valence-electron chi connectivity index (χ2n) is 7.59. The lowest BCUT2D eigenvalue weighted by Gasteiger charge is -2.18. The van der Waals surface area contributed by atoms with E-state index in [1.54, 1.807) is 29.3 Å². The molecule has 3 heterocycles. The van der Waals surface area contributed by atoms with E-state index in [1.165, 1.54) is 21.7 Å². The highest BCUT2D eigenvalue weighted by Gasteiger charge is 2.34. The van der Waals surface area contributed by atoms with Gasteiger partial charge in [0.25, 0.3) is 11.5 Å². The van der Waals surface area contributed by atoms with Gasteiger partial charge in [0.05, 0.1) is 10.5 Å². The van der Waals surface area contributed by atoms with Crippen molar-refractivity contribution in [1.82, 2.24) is 14.3 Å². The van der Waals surface area contributed by atoms with E-state index in [1.807, 2.05) is 51.1 Å². The van der Waals surface area contributed by atoms with Gasteiger partial charge < -0.3 is 5.32 Å². The van der Waals surface area contributed by atoms with Crippen LogP contribution in [0.15, 0.2) is 58.4 Å². The molecule has 3 aromatic rings. The minimum absolute atomic E-state index is 0.0478. The number of benzene rings is 1. The molecule has 0 radical (unpaired) electrons. The molecule has 0 aliphatic carbocycles. The topological polar surface area (TPSA) is 66.7 Å². The summed E-state index contributed by atoms with van der Waals surface area (Å²) in [7, 11) is 0. The van der Waals surface area contributed by atoms with Gasteiger partial charge in [-0.2, -0.15) is 0 Å². The maximum atomic E-state index is 13.3. The fourth-order valence-corrected chi connectivity index (χ4v) is 4.82. The molecule has 6 nitrogen and oxygen atoms in total. The third-order valence-electron chi connectivity index (χ3n) is 4.96. The highest BCUT2D eigenvalue weighted by Crippen LogP contribution is 2.34. The fourth-order valence-electron chi connectivity index (χ4n) is 3.32. The maximum Gasteiger partial charge on any atom is 0.267 e. The molecule has 1 aliphatic rings. The highest BCUT2D eigenvalue weighted by molar-refractivity contribution is 8.26. The molecule has 0 unspecified atom stereocenters. The molecule has 158 valence electrons. The number of amides is 1. The van der Waals surface area contributed by atoms with Crippen LogP contribution in [0.1, 0.15) is 30.5 Å². The van der Waals surface area contributed by atoms with E-state index in [0.29, 0.717) is 32.8 Å². The van der Waals surface area contributed by atoms with Gasteiger partial charge in [0, 0.05) is 18.8 Å². The monoisotopic (exact) mass is 450 g/mol. The summed E-state index contributed by atoms with van der Waals surface area (Å²) in [5.41, 5.74) is 2.87. The zero-order valence-electron chi connectivity index (χ0n) is 17.5. The SMILES string of the molecule is Cc1ccc(CNc2nc3ccccn3c(=O)c2/C=C2/SC(=S)N(C(C)C)C2=O)cc1. The number of thiocarbonyl (C=S) groups is 1. The molecule has 0 bridgehead atoms. The Hall–Kier alpha value is -2.97. The van der Waals surface area contributed by atoms with Crippen molar-refractivity contribution in [2.75, 3.05) is 5.32 Å². The van der Waals surface area contributed by atoms with Crippen LogP contribution in [-0.2, 0) is 11.3 Å². The summed E-state index contributed by atoms with van der Waals surface area (Å²) in [5, 5.41) is 3.28. The van der Waals surface area contributed by atoms with Gasteiger partial charge in [0.2, 0.25) is 0 Å². The van der Waals surface area contributed by atoms with E-state index in [0.717, 1.165) is 5.56 Å². The van der Waals surface area contributed by atoms with E-state index in [2.05, 4.69) is 10.3 Å². The molecule has 4 rings (SSSR count). The number of aromatic nitrogens is 2. The quantitative estimate of drug-likeness (QED) is 0.464. The number of aryl methyl sites for hydroxylation is 1. The van der Waals surface area contributed by atoms with Crippen LogP contribution < -0.4 is 10.9 Å². The van der Waals surface area contributed by atoms with E-state index < -0.39 is 0 Å². The Kier molecular flexibility index (Phi) is 5.93. The third kappa shape index (κ3) is 4.26. The van der Waals surface area contributed by atoms with Crippen LogP contribution in [0.3, 0.4) is 0 Å². The zero-order valence-corrected chi connectivity index (χ0v) is 19.1. The second kappa shape index (κ2) is 8.64. The molecule has 0 spiro atoms. The Morgan fingerprint density at radius 3 is 2.58 bits per heavy atom. The summed E-state index contributed by atoms with van der Waals surface area (Å²) < 4.78 is 1.97. The molecular weight excluding hydrogens is 428 g/mol. The van der Waals surface area contributed by atoms with Gasteiger partial charge in [0.1, 0.15) is 15.8 Å². The summed E-state index contributed by atoms with van der Waals surface area (Å²) in [6, 6.07) is 13.5. The molecule has 1 N–H and O–H groups in total. The van der Waals surface area contributed by atoms with E-state index in [-0.39, 0.29) is 17.5 Å². The lowest BCUT2D eigenvalue weighted by Crippen LogP contribution is -2.34. The standard InChI is InChI=1S/C23H22N4O2S2/c1-14(2)27-22(29)18(31-23(27)30)12-17-20(24-13-16-9-7-15(3)8-10-16)25-19-6-4-5-11-26(19)21(17)28/h4-12,14,24H,13H2,1-3H3/b18-12+. The van der Waals surface area contributed by atoms with Crippen molar-refractivity contribution in [1.29, 1.82) is 0 Å². The van der Waals surface area contributed by atoms with Crippen molar-refractivity contribution < 1.29 is 4.79 Å². The number of nitrogens with one attached hydrogen (secondary N) is 1. The third-order valence-corrected chi connectivity index (χ3v) is 6.30. The molecule has 1 aliphatic heterocycles. The first-order valence-corrected chi connectivity index (χ1v) is 11.2. The lowest BCUT2D eigenvalue weighted by atomic mass is 10.1. The van der Waals surface area contributed by atoms with Crippen molar-refractivity contribution in [3.8, 4) is 0 Å². The molecule has 0 atom stereocenters. The van der Waals surface area contributed by atoms with E-state index >= 15 is 0 Å². The van der Waals surface area contributed by atoms with Gasteiger partial charge >= 0.3 is 0 Å². The summed E-state index contributed by atoms with van der Waals surface area (Å²) in [4.78, 5) is 32.8. The number of pyridine rings is 1. The average molecular weight is 451 g/mol. The second-order valence-corrected chi connectivity index (χ2v) is 9.27. The van der Waals surface area contributed by atoms with Crippen molar-refractivity contribution >= 4 is 51.7 Å². The minimum atomic E-state index is -0.244. The first-order valence-electron chi connectivity index (χ1n) is 9.93. The van der Waals surface area contributed by atoms with Crippen molar-refractivity contribution in [3.63, 3.8) is 0 Å². The number of fused-ring (bicyclic) bond motifs is 1. The lowest BCUT2D eigenvalue weighted by molar-refractivity contribution is -0.123. The number of rotatable bonds is 5. The largest absolute Gasteiger partial charge is 0.365 e. The number of carbonyl (C=O) groups excluding carboxylic acids is 1. The van der Waals surface area contributed by atoms with Gasteiger partial charge in [-0.15, -0.1) is 0 Å². The number of nitrogens with zero attached hydrogens (tertiary/aromatic N) is 3. The van der Waals surface area contributed by atoms with Crippen LogP contribution >= 0.6 is 24.0 Å². The van der Waals surface area contributed by atoms with Crippen LogP contribution in [0.2, 0.25) is 0 Å². The summed E-state index contributed by atoms with van der Waals surface area (Å²) >= 11 is 6.58. The van der Waals surface area contributed by atoms with Crippen LogP contribution in [0.5, 0.6) is 0 Å². The molecule has 1 fully saturated rings. The van der Waals surface area contributed by atoms with E-state index in [9.17, 15) is 9.59 Å². The molecule has 1 amide bonds. The van der Waals surface area contributed by atoms with Gasteiger partial charge in [-0.05, 0) is 44.5 Å².